The fourth-order valence-electron chi connectivity index (χ4n) is 2.60. The van der Waals surface area contributed by atoms with Crippen LogP contribution in [0.25, 0.3) is 22.6 Å². The van der Waals surface area contributed by atoms with Crippen LogP contribution in [0.1, 0.15) is 5.56 Å². The minimum atomic E-state index is -0.587. The van der Waals surface area contributed by atoms with E-state index in [2.05, 4.69) is 10.3 Å². The van der Waals surface area contributed by atoms with E-state index in [1.807, 2.05) is 0 Å². The Hall–Kier alpha value is -3.38. The molecule has 3 aromatic carbocycles. The molecule has 0 bridgehead atoms. The van der Waals surface area contributed by atoms with Crippen molar-refractivity contribution in [2.75, 3.05) is 5.32 Å². The van der Waals surface area contributed by atoms with Gasteiger partial charge >= 0.3 is 6.09 Å². The molecule has 0 radical (unpaired) electrons. The number of ether oxygens (including phenoxy) is 1. The minimum Gasteiger partial charge on any atom is -0.444 e. The molecule has 1 amide bonds. The summed E-state index contributed by atoms with van der Waals surface area (Å²) in [5, 5.41) is 3.27. The van der Waals surface area contributed by atoms with Crippen molar-refractivity contribution in [1.29, 1.82) is 0 Å². The van der Waals surface area contributed by atoms with Crippen LogP contribution in [0.3, 0.4) is 0 Å². The largest absolute Gasteiger partial charge is 0.444 e. The molecule has 0 spiro atoms. The molecule has 4 rings (SSSR count). The number of benzene rings is 3. The molecule has 0 aliphatic carbocycles. The number of aromatic nitrogens is 1. The van der Waals surface area contributed by atoms with E-state index in [4.69, 9.17) is 20.8 Å². The Kier molecular flexibility index (Phi) is 4.95. The molecular formula is C21H14ClFN2O3. The Morgan fingerprint density at radius 2 is 1.82 bits per heavy atom. The summed E-state index contributed by atoms with van der Waals surface area (Å²) >= 11 is 5.83. The van der Waals surface area contributed by atoms with Gasteiger partial charge in [0.15, 0.2) is 5.58 Å². The number of rotatable bonds is 4. The van der Waals surface area contributed by atoms with Crippen LogP contribution in [0.4, 0.5) is 14.9 Å². The third kappa shape index (κ3) is 4.13. The van der Waals surface area contributed by atoms with Crippen LogP contribution in [0.5, 0.6) is 0 Å². The van der Waals surface area contributed by atoms with Gasteiger partial charge in [-0.15, -0.1) is 0 Å². The molecule has 0 unspecified atom stereocenters. The summed E-state index contributed by atoms with van der Waals surface area (Å²) in [6, 6.07) is 18.0. The third-order valence-electron chi connectivity index (χ3n) is 4.01. The van der Waals surface area contributed by atoms with Crippen molar-refractivity contribution in [3.8, 4) is 11.5 Å². The number of nitrogens with one attached hydrogen (secondary N) is 1. The quantitative estimate of drug-likeness (QED) is 0.457. The number of fused-ring (bicyclic) bond motifs is 1. The fourth-order valence-corrected chi connectivity index (χ4v) is 2.73. The lowest BCUT2D eigenvalue weighted by atomic mass is 10.2. The molecule has 1 aromatic heterocycles. The zero-order valence-electron chi connectivity index (χ0n) is 14.5. The topological polar surface area (TPSA) is 64.4 Å². The maximum atomic E-state index is 13.1. The first-order valence-corrected chi connectivity index (χ1v) is 8.79. The maximum Gasteiger partial charge on any atom is 0.411 e. The molecule has 0 atom stereocenters. The second kappa shape index (κ2) is 7.70. The van der Waals surface area contributed by atoms with Gasteiger partial charge in [-0.05, 0) is 60.2 Å². The highest BCUT2D eigenvalue weighted by Crippen LogP contribution is 2.26. The molecule has 0 aliphatic rings. The van der Waals surface area contributed by atoms with Gasteiger partial charge in [-0.25, -0.2) is 14.2 Å². The average Bonchev–Trinajstić information content (AvgIpc) is 3.11. The van der Waals surface area contributed by atoms with E-state index in [1.165, 1.54) is 12.1 Å². The second-order valence-corrected chi connectivity index (χ2v) is 6.47. The Bertz CT molecular complexity index is 1120. The van der Waals surface area contributed by atoms with Crippen molar-refractivity contribution >= 4 is 34.5 Å². The van der Waals surface area contributed by atoms with Gasteiger partial charge in [-0.2, -0.15) is 0 Å². The highest BCUT2D eigenvalue weighted by Gasteiger charge is 2.11. The van der Waals surface area contributed by atoms with Gasteiger partial charge in [0.2, 0.25) is 5.89 Å². The Morgan fingerprint density at radius 1 is 1.07 bits per heavy atom. The molecule has 0 aliphatic heterocycles. The predicted octanol–water partition coefficient (Wildman–Crippen LogP) is 6.04. The van der Waals surface area contributed by atoms with Crippen molar-refractivity contribution in [3.05, 3.63) is 83.1 Å². The van der Waals surface area contributed by atoms with E-state index in [1.54, 1.807) is 54.6 Å². The van der Waals surface area contributed by atoms with Crippen LogP contribution in [-0.4, -0.2) is 11.1 Å². The van der Waals surface area contributed by atoms with E-state index in [0.29, 0.717) is 33.3 Å². The first kappa shape index (κ1) is 18.0. The van der Waals surface area contributed by atoms with Crippen LogP contribution >= 0.6 is 11.6 Å². The number of carbonyl (C=O) groups excluding carboxylic acids is 1. The number of anilines is 1. The first-order chi connectivity index (χ1) is 13.6. The molecule has 1 heterocycles. The summed E-state index contributed by atoms with van der Waals surface area (Å²) < 4.78 is 23.9. The van der Waals surface area contributed by atoms with Gasteiger partial charge in [-0.3, -0.25) is 5.32 Å². The van der Waals surface area contributed by atoms with Crippen molar-refractivity contribution in [3.63, 3.8) is 0 Å². The van der Waals surface area contributed by atoms with E-state index >= 15 is 0 Å². The zero-order chi connectivity index (χ0) is 19.5. The average molecular weight is 397 g/mol. The van der Waals surface area contributed by atoms with Gasteiger partial charge < -0.3 is 9.15 Å². The molecule has 5 nitrogen and oxygen atoms in total. The van der Waals surface area contributed by atoms with E-state index in [-0.39, 0.29) is 12.4 Å². The lowest BCUT2D eigenvalue weighted by Gasteiger charge is -2.07. The van der Waals surface area contributed by atoms with Crippen LogP contribution in [0.2, 0.25) is 5.02 Å². The standard InChI is InChI=1S/C21H14ClFN2O3/c22-15-5-1-13(2-6-15)12-27-21(26)24-17-9-10-19-18(11-17)25-20(28-19)14-3-7-16(23)8-4-14/h1-11H,12H2,(H,24,26). The number of amides is 1. The summed E-state index contributed by atoms with van der Waals surface area (Å²) in [6.07, 6.45) is -0.587. The summed E-state index contributed by atoms with van der Waals surface area (Å²) in [5.74, 6) is 0.0425. The van der Waals surface area contributed by atoms with Gasteiger partial charge in [0.05, 0.1) is 0 Å². The lowest BCUT2D eigenvalue weighted by molar-refractivity contribution is 0.155. The first-order valence-electron chi connectivity index (χ1n) is 8.41. The minimum absolute atomic E-state index is 0.129. The normalized spacial score (nSPS) is 10.8. The second-order valence-electron chi connectivity index (χ2n) is 6.04. The zero-order valence-corrected chi connectivity index (χ0v) is 15.2. The van der Waals surface area contributed by atoms with Gasteiger partial charge in [0, 0.05) is 16.3 Å². The number of carbonyl (C=O) groups is 1. The molecule has 1 N–H and O–H groups in total. The van der Waals surface area contributed by atoms with Crippen molar-refractivity contribution < 1.29 is 18.3 Å². The van der Waals surface area contributed by atoms with Crippen molar-refractivity contribution in [2.24, 2.45) is 0 Å². The molecule has 28 heavy (non-hydrogen) atoms. The Labute approximate surface area is 164 Å². The summed E-state index contributed by atoms with van der Waals surface area (Å²) in [5.41, 5.74) is 3.13. The fraction of sp³-hybridized carbons (Fsp3) is 0.0476. The van der Waals surface area contributed by atoms with Crippen LogP contribution in [0.15, 0.2) is 71.1 Å². The highest BCUT2D eigenvalue weighted by molar-refractivity contribution is 6.30. The smallest absolute Gasteiger partial charge is 0.411 e. The van der Waals surface area contributed by atoms with Crippen LogP contribution in [0, 0.1) is 5.82 Å². The van der Waals surface area contributed by atoms with E-state index in [9.17, 15) is 9.18 Å². The number of halogens is 2. The summed E-state index contributed by atoms with van der Waals surface area (Å²) in [7, 11) is 0. The SMILES string of the molecule is O=C(Nc1ccc2oc(-c3ccc(F)cc3)nc2c1)OCc1ccc(Cl)cc1. The molecule has 0 fully saturated rings. The molecule has 0 saturated carbocycles. The van der Waals surface area contributed by atoms with Crippen molar-refractivity contribution in [2.45, 2.75) is 6.61 Å². The molecule has 7 heteroatoms. The number of nitrogens with zero attached hydrogens (tertiary/aromatic N) is 1. The monoisotopic (exact) mass is 396 g/mol. The van der Waals surface area contributed by atoms with Crippen molar-refractivity contribution in [1.82, 2.24) is 4.98 Å². The molecule has 4 aromatic rings. The molecule has 0 saturated heterocycles. The van der Waals surface area contributed by atoms with Crippen LogP contribution in [-0.2, 0) is 11.3 Å². The molecule has 140 valence electrons. The number of hydrogen-bond donors (Lipinski definition) is 1. The summed E-state index contributed by atoms with van der Waals surface area (Å²) in [6.45, 7) is 0.129. The third-order valence-corrected chi connectivity index (χ3v) is 4.26. The molecular weight excluding hydrogens is 383 g/mol. The number of oxazole rings is 1. The lowest BCUT2D eigenvalue weighted by Crippen LogP contribution is -2.13. The Morgan fingerprint density at radius 3 is 2.57 bits per heavy atom. The van der Waals surface area contributed by atoms with E-state index in [0.717, 1.165) is 5.56 Å². The maximum absolute atomic E-state index is 13.1. The summed E-state index contributed by atoms with van der Waals surface area (Å²) in [4.78, 5) is 16.4. The van der Waals surface area contributed by atoms with E-state index < -0.39 is 6.09 Å². The Balaban J connectivity index is 1.44. The number of hydrogen-bond acceptors (Lipinski definition) is 4. The van der Waals surface area contributed by atoms with Crippen LogP contribution < -0.4 is 5.32 Å². The van der Waals surface area contributed by atoms with Gasteiger partial charge in [0.25, 0.3) is 0 Å². The van der Waals surface area contributed by atoms with Gasteiger partial charge in [-0.1, -0.05) is 23.7 Å². The highest BCUT2D eigenvalue weighted by atomic mass is 35.5. The van der Waals surface area contributed by atoms with Gasteiger partial charge in [0.1, 0.15) is 17.9 Å². The predicted molar refractivity (Wildman–Crippen MR) is 105 cm³/mol.